The molecule has 7 nitrogen and oxygen atoms in total. The van der Waals surface area contributed by atoms with E-state index < -0.39 is 12.0 Å². The van der Waals surface area contributed by atoms with Crippen LogP contribution in [0.5, 0.6) is 5.75 Å². The lowest BCUT2D eigenvalue weighted by atomic mass is 9.82. The van der Waals surface area contributed by atoms with E-state index in [-0.39, 0.29) is 18.9 Å². The van der Waals surface area contributed by atoms with Crippen molar-refractivity contribution in [3.63, 3.8) is 0 Å². The number of thiazole rings is 1. The smallest absolute Gasteiger partial charge is 0.247 e. The van der Waals surface area contributed by atoms with Gasteiger partial charge in [-0.15, -0.1) is 11.3 Å². The maximum atomic E-state index is 11.7. The van der Waals surface area contributed by atoms with E-state index in [1.165, 1.54) is 24.8 Å². The predicted octanol–water partition coefficient (Wildman–Crippen LogP) is 4.62. The van der Waals surface area contributed by atoms with Crippen LogP contribution < -0.4 is 4.74 Å². The van der Waals surface area contributed by atoms with Crippen molar-refractivity contribution in [2.75, 3.05) is 13.7 Å². The molecule has 1 unspecified atom stereocenters. The minimum absolute atomic E-state index is 0.0658. The van der Waals surface area contributed by atoms with Gasteiger partial charge in [0.2, 0.25) is 5.91 Å². The largest absolute Gasteiger partial charge is 0.487 e. The fraction of sp³-hybridized carbons (Fsp3) is 0.500. The third-order valence-electron chi connectivity index (χ3n) is 5.34. The standard InChI is InChI=1S/C22H29N3O4S/c1-25(27)20(26)11-12-28-22(21(23)16-5-3-2-4-6-16)17-7-9-19(10-8-17)29-13-18-14-30-15-24-18/h7-10,14-16,22-23,27H,2-6,11-13H2,1H3. The zero-order valence-electron chi connectivity index (χ0n) is 17.3. The molecule has 3 rings (SSSR count). The van der Waals surface area contributed by atoms with Crippen LogP contribution >= 0.6 is 11.3 Å². The number of hydrogen-bond donors (Lipinski definition) is 2. The fourth-order valence-corrected chi connectivity index (χ4v) is 4.17. The summed E-state index contributed by atoms with van der Waals surface area (Å²) in [5.74, 6) is 0.524. The number of hydroxylamine groups is 2. The molecule has 30 heavy (non-hydrogen) atoms. The monoisotopic (exact) mass is 431 g/mol. The van der Waals surface area contributed by atoms with Crippen molar-refractivity contribution in [1.82, 2.24) is 10.0 Å². The highest BCUT2D eigenvalue weighted by atomic mass is 32.1. The molecule has 0 radical (unpaired) electrons. The normalized spacial score (nSPS) is 15.5. The lowest BCUT2D eigenvalue weighted by Gasteiger charge is -2.28. The van der Waals surface area contributed by atoms with Gasteiger partial charge in [-0.2, -0.15) is 0 Å². The Hall–Kier alpha value is -2.29. The van der Waals surface area contributed by atoms with Crippen molar-refractivity contribution >= 4 is 23.0 Å². The molecule has 1 amide bonds. The van der Waals surface area contributed by atoms with Gasteiger partial charge >= 0.3 is 0 Å². The van der Waals surface area contributed by atoms with Gasteiger partial charge in [0.25, 0.3) is 0 Å². The Bertz CT molecular complexity index is 802. The molecule has 0 bridgehead atoms. The minimum atomic E-state index is -0.502. The average Bonchev–Trinajstić information content (AvgIpc) is 3.29. The quantitative estimate of drug-likeness (QED) is 0.325. The molecule has 1 aliphatic rings. The second kappa shape index (κ2) is 11.2. The highest BCUT2D eigenvalue weighted by molar-refractivity contribution is 7.07. The summed E-state index contributed by atoms with van der Waals surface area (Å²) in [6.45, 7) is 0.559. The van der Waals surface area contributed by atoms with E-state index in [1.54, 1.807) is 5.51 Å². The zero-order chi connectivity index (χ0) is 21.3. The van der Waals surface area contributed by atoms with E-state index in [0.29, 0.717) is 17.4 Å². The Morgan fingerprint density at radius 3 is 2.67 bits per heavy atom. The number of amides is 1. The first-order valence-electron chi connectivity index (χ1n) is 10.3. The Labute approximate surface area is 181 Å². The zero-order valence-corrected chi connectivity index (χ0v) is 18.1. The lowest BCUT2D eigenvalue weighted by molar-refractivity contribution is -0.160. The number of hydrogen-bond acceptors (Lipinski definition) is 7. The van der Waals surface area contributed by atoms with E-state index >= 15 is 0 Å². The molecule has 1 saturated carbocycles. The van der Waals surface area contributed by atoms with Crippen LogP contribution in [0.1, 0.15) is 55.9 Å². The average molecular weight is 432 g/mol. The Morgan fingerprint density at radius 2 is 2.03 bits per heavy atom. The Morgan fingerprint density at radius 1 is 1.30 bits per heavy atom. The van der Waals surface area contributed by atoms with Crippen molar-refractivity contribution in [1.29, 1.82) is 5.41 Å². The van der Waals surface area contributed by atoms with Crippen LogP contribution in [0.4, 0.5) is 0 Å². The summed E-state index contributed by atoms with van der Waals surface area (Å²) in [6, 6.07) is 7.58. The number of benzene rings is 1. The first kappa shape index (κ1) is 22.4. The van der Waals surface area contributed by atoms with Crippen LogP contribution in [0.15, 0.2) is 35.2 Å². The topological polar surface area (TPSA) is 95.7 Å². The van der Waals surface area contributed by atoms with Gasteiger partial charge in [0.15, 0.2) is 0 Å². The van der Waals surface area contributed by atoms with Crippen LogP contribution in [-0.4, -0.2) is 40.5 Å². The predicted molar refractivity (Wildman–Crippen MR) is 115 cm³/mol. The number of nitrogens with zero attached hydrogens (tertiary/aromatic N) is 2. The first-order valence-corrected chi connectivity index (χ1v) is 11.2. The molecule has 162 valence electrons. The van der Waals surface area contributed by atoms with Gasteiger partial charge in [-0.25, -0.2) is 10.0 Å². The van der Waals surface area contributed by atoms with Crippen LogP contribution in [-0.2, 0) is 16.1 Å². The van der Waals surface area contributed by atoms with E-state index in [1.807, 2.05) is 29.6 Å². The maximum Gasteiger partial charge on any atom is 0.247 e. The van der Waals surface area contributed by atoms with Gasteiger partial charge in [0, 0.05) is 18.1 Å². The molecule has 1 fully saturated rings. The van der Waals surface area contributed by atoms with Crippen LogP contribution in [0.25, 0.3) is 0 Å². The molecule has 0 aliphatic heterocycles. The molecule has 2 aromatic rings. The van der Waals surface area contributed by atoms with Crippen LogP contribution in [0.3, 0.4) is 0 Å². The number of rotatable bonds is 10. The molecule has 1 atom stereocenters. The lowest BCUT2D eigenvalue weighted by Crippen LogP contribution is -2.28. The minimum Gasteiger partial charge on any atom is -0.487 e. The molecule has 1 heterocycles. The molecule has 2 N–H and O–H groups in total. The molecule has 1 aromatic carbocycles. The molecule has 1 aromatic heterocycles. The number of ether oxygens (including phenoxy) is 2. The number of carbonyl (C=O) groups excluding carboxylic acids is 1. The molecular weight excluding hydrogens is 402 g/mol. The van der Waals surface area contributed by atoms with Gasteiger partial charge in [-0.1, -0.05) is 31.4 Å². The van der Waals surface area contributed by atoms with E-state index in [2.05, 4.69) is 4.98 Å². The number of nitrogens with one attached hydrogen (secondary N) is 1. The third kappa shape index (κ3) is 6.35. The number of aromatic nitrogens is 1. The molecule has 1 aliphatic carbocycles. The summed E-state index contributed by atoms with van der Waals surface area (Å²) in [4.78, 5) is 15.9. The molecule has 0 saturated heterocycles. The fourth-order valence-electron chi connectivity index (χ4n) is 3.62. The van der Waals surface area contributed by atoms with E-state index in [0.717, 1.165) is 42.7 Å². The highest BCUT2D eigenvalue weighted by Gasteiger charge is 2.27. The van der Waals surface area contributed by atoms with Crippen molar-refractivity contribution in [3.05, 3.63) is 46.4 Å². The van der Waals surface area contributed by atoms with Crippen molar-refractivity contribution in [2.24, 2.45) is 5.92 Å². The van der Waals surface area contributed by atoms with Gasteiger partial charge in [0.1, 0.15) is 18.5 Å². The second-order valence-corrected chi connectivity index (χ2v) is 8.26. The first-order chi connectivity index (χ1) is 14.5. The van der Waals surface area contributed by atoms with E-state index in [4.69, 9.17) is 14.9 Å². The summed E-state index contributed by atoms with van der Waals surface area (Å²) in [7, 11) is 1.30. The Balaban J connectivity index is 1.66. The SMILES string of the molecule is CN(O)C(=O)CCOC(C(=N)C1CCCCC1)c1ccc(OCc2cscn2)cc1. The van der Waals surface area contributed by atoms with Crippen LogP contribution in [0, 0.1) is 11.3 Å². The second-order valence-electron chi connectivity index (χ2n) is 7.55. The summed E-state index contributed by atoms with van der Waals surface area (Å²) in [5, 5.41) is 20.5. The van der Waals surface area contributed by atoms with Gasteiger partial charge in [0.05, 0.1) is 24.2 Å². The van der Waals surface area contributed by atoms with Crippen molar-refractivity contribution in [2.45, 2.75) is 51.2 Å². The molecule has 8 heteroatoms. The van der Waals surface area contributed by atoms with Crippen molar-refractivity contribution < 1.29 is 19.5 Å². The third-order valence-corrected chi connectivity index (χ3v) is 5.98. The van der Waals surface area contributed by atoms with E-state index in [9.17, 15) is 10.0 Å². The maximum absolute atomic E-state index is 11.7. The van der Waals surface area contributed by atoms with Gasteiger partial charge < -0.3 is 14.9 Å². The molecule has 0 spiro atoms. The van der Waals surface area contributed by atoms with Gasteiger partial charge in [-0.3, -0.25) is 10.0 Å². The Kier molecular flexibility index (Phi) is 8.36. The summed E-state index contributed by atoms with van der Waals surface area (Å²) in [6.07, 6.45) is 5.07. The van der Waals surface area contributed by atoms with Gasteiger partial charge in [-0.05, 0) is 36.5 Å². The summed E-state index contributed by atoms with van der Waals surface area (Å²) < 4.78 is 11.8. The molecular formula is C22H29N3O4S. The van der Waals surface area contributed by atoms with Crippen LogP contribution in [0.2, 0.25) is 0 Å². The number of carbonyl (C=O) groups is 1. The van der Waals surface area contributed by atoms with Crippen molar-refractivity contribution in [3.8, 4) is 5.75 Å². The summed E-state index contributed by atoms with van der Waals surface area (Å²) >= 11 is 1.54. The summed E-state index contributed by atoms with van der Waals surface area (Å²) in [5.41, 5.74) is 4.11. The highest BCUT2D eigenvalue weighted by Crippen LogP contribution is 2.32.